The molecule has 4 nitrogen and oxygen atoms in total. The molecule has 0 unspecified atom stereocenters. The van der Waals surface area contributed by atoms with E-state index in [9.17, 15) is 4.79 Å². The van der Waals surface area contributed by atoms with Crippen LogP contribution in [0.4, 0.5) is 0 Å². The highest BCUT2D eigenvalue weighted by Gasteiger charge is 2.41. The summed E-state index contributed by atoms with van der Waals surface area (Å²) in [4.78, 5) is 14.5. The van der Waals surface area contributed by atoms with Crippen LogP contribution in [0.15, 0.2) is 0 Å². The molecule has 0 aromatic heterocycles. The van der Waals surface area contributed by atoms with Gasteiger partial charge in [0.15, 0.2) is 0 Å². The number of amides is 1. The Kier molecular flexibility index (Phi) is 6.59. The molecule has 0 N–H and O–H groups in total. The van der Waals surface area contributed by atoms with Gasteiger partial charge in [0, 0.05) is 32.7 Å². The fraction of sp³-hybridized carbons (Fsp3) is 0.952. The fourth-order valence-corrected chi connectivity index (χ4v) is 5.09. The van der Waals surface area contributed by atoms with Gasteiger partial charge in [-0.05, 0) is 71.6 Å². The molecule has 2 heterocycles. The molecule has 2 aliphatic heterocycles. The van der Waals surface area contributed by atoms with Gasteiger partial charge in [-0.3, -0.25) is 4.79 Å². The number of ether oxygens (including phenoxy) is 2. The van der Waals surface area contributed by atoms with Gasteiger partial charge in [-0.2, -0.15) is 0 Å². The highest BCUT2D eigenvalue weighted by molar-refractivity contribution is 5.73. The van der Waals surface area contributed by atoms with E-state index in [0.29, 0.717) is 11.5 Å². The maximum absolute atomic E-state index is 12.4. The van der Waals surface area contributed by atoms with E-state index in [0.717, 1.165) is 51.9 Å². The molecule has 0 aromatic carbocycles. The van der Waals surface area contributed by atoms with Crippen molar-refractivity contribution in [2.45, 2.75) is 104 Å². The summed E-state index contributed by atoms with van der Waals surface area (Å²) in [6.45, 7) is 15.2. The van der Waals surface area contributed by atoms with Gasteiger partial charge in [-0.25, -0.2) is 0 Å². The molecule has 25 heavy (non-hydrogen) atoms. The van der Waals surface area contributed by atoms with Crippen LogP contribution in [0.1, 0.15) is 86.5 Å². The molecule has 0 aliphatic carbocycles. The Hall–Kier alpha value is -0.610. The molecule has 2 fully saturated rings. The van der Waals surface area contributed by atoms with E-state index < -0.39 is 0 Å². The van der Waals surface area contributed by atoms with Crippen LogP contribution < -0.4 is 0 Å². The first-order valence-electron chi connectivity index (χ1n) is 10.1. The second kappa shape index (κ2) is 7.96. The number of nitrogens with zero attached hydrogens (tertiary/aromatic N) is 1. The normalized spacial score (nSPS) is 31.5. The lowest BCUT2D eigenvalue weighted by Crippen LogP contribution is -2.50. The lowest BCUT2D eigenvalue weighted by molar-refractivity contribution is -0.140. The predicted molar refractivity (Wildman–Crippen MR) is 102 cm³/mol. The van der Waals surface area contributed by atoms with Crippen molar-refractivity contribution in [1.29, 1.82) is 0 Å². The summed E-state index contributed by atoms with van der Waals surface area (Å²) >= 11 is 0. The van der Waals surface area contributed by atoms with Crippen LogP contribution >= 0.6 is 0 Å². The number of carbonyl (C=O) groups is 1. The molecule has 4 heteroatoms. The number of carbonyl (C=O) groups excluding carboxylic acids is 1. The van der Waals surface area contributed by atoms with E-state index in [4.69, 9.17) is 9.47 Å². The summed E-state index contributed by atoms with van der Waals surface area (Å²) in [5, 5.41) is 0. The maximum Gasteiger partial charge on any atom is 0.219 e. The average molecular weight is 354 g/mol. The van der Waals surface area contributed by atoms with Crippen LogP contribution in [0.5, 0.6) is 0 Å². The first-order valence-corrected chi connectivity index (χ1v) is 10.1. The van der Waals surface area contributed by atoms with Crippen molar-refractivity contribution in [2.75, 3.05) is 19.8 Å². The summed E-state index contributed by atoms with van der Waals surface area (Å²) in [6, 6.07) is 0.313. The molecule has 2 aliphatic rings. The number of rotatable bonds is 6. The third kappa shape index (κ3) is 5.68. The highest BCUT2D eigenvalue weighted by atomic mass is 16.5. The zero-order valence-corrected chi connectivity index (χ0v) is 17.3. The molecule has 0 spiro atoms. The van der Waals surface area contributed by atoms with Gasteiger partial charge < -0.3 is 14.4 Å². The first-order chi connectivity index (χ1) is 11.6. The summed E-state index contributed by atoms with van der Waals surface area (Å²) in [7, 11) is 0. The van der Waals surface area contributed by atoms with Crippen molar-refractivity contribution in [1.82, 2.24) is 4.90 Å². The Labute approximate surface area is 154 Å². The van der Waals surface area contributed by atoms with Gasteiger partial charge in [-0.1, -0.05) is 13.3 Å². The Morgan fingerprint density at radius 3 is 2.32 bits per heavy atom. The molecule has 1 amide bonds. The topological polar surface area (TPSA) is 38.8 Å². The number of hydrogen-bond donors (Lipinski definition) is 0. The van der Waals surface area contributed by atoms with Crippen LogP contribution in [-0.2, 0) is 14.3 Å². The van der Waals surface area contributed by atoms with Crippen LogP contribution in [-0.4, -0.2) is 47.8 Å². The maximum atomic E-state index is 12.4. The van der Waals surface area contributed by atoms with Crippen molar-refractivity contribution in [2.24, 2.45) is 5.41 Å². The van der Waals surface area contributed by atoms with E-state index in [2.05, 4.69) is 39.5 Å². The van der Waals surface area contributed by atoms with Crippen LogP contribution in [0.3, 0.4) is 0 Å². The summed E-state index contributed by atoms with van der Waals surface area (Å²) in [5.74, 6) is 0.209. The molecule has 2 saturated heterocycles. The minimum absolute atomic E-state index is 0.0465. The van der Waals surface area contributed by atoms with Crippen LogP contribution in [0, 0.1) is 5.41 Å². The SMILES string of the molecule is CCC[C@]1(CCN(C(C)=O)[C@H]2CCOC(C)(C)C2)CCOC(C)(C)C1. The predicted octanol–water partition coefficient (Wildman–Crippen LogP) is 4.56. The zero-order valence-electron chi connectivity index (χ0n) is 17.3. The van der Waals surface area contributed by atoms with Crippen LogP contribution in [0.2, 0.25) is 0 Å². The average Bonchev–Trinajstić information content (AvgIpc) is 2.45. The van der Waals surface area contributed by atoms with E-state index >= 15 is 0 Å². The standard InChI is InChI=1S/C21H39NO3/c1-7-9-21(11-14-25-20(5,6)16-21)10-12-22(17(2)23)18-8-13-24-19(3,4)15-18/h18H,7-16H2,1-6H3/t18-,21-/m0/s1. The van der Waals surface area contributed by atoms with E-state index in [1.54, 1.807) is 6.92 Å². The van der Waals surface area contributed by atoms with Crippen molar-refractivity contribution in [3.63, 3.8) is 0 Å². The molecular formula is C21H39NO3. The second-order valence-corrected chi connectivity index (χ2v) is 9.50. The molecular weight excluding hydrogens is 314 g/mol. The summed E-state index contributed by atoms with van der Waals surface area (Å²) in [5.41, 5.74) is 0.137. The number of hydrogen-bond acceptors (Lipinski definition) is 3. The van der Waals surface area contributed by atoms with Crippen molar-refractivity contribution >= 4 is 5.91 Å². The quantitative estimate of drug-likeness (QED) is 0.703. The molecule has 2 rings (SSSR count). The van der Waals surface area contributed by atoms with Gasteiger partial charge in [0.2, 0.25) is 5.91 Å². The molecule has 0 radical (unpaired) electrons. The smallest absolute Gasteiger partial charge is 0.219 e. The molecule has 0 bridgehead atoms. The minimum atomic E-state index is -0.127. The summed E-state index contributed by atoms with van der Waals surface area (Å²) < 4.78 is 11.8. The summed E-state index contributed by atoms with van der Waals surface area (Å²) in [6.07, 6.45) is 7.62. The van der Waals surface area contributed by atoms with Crippen molar-refractivity contribution in [3.8, 4) is 0 Å². The third-order valence-corrected chi connectivity index (χ3v) is 6.11. The molecule has 0 saturated carbocycles. The highest BCUT2D eigenvalue weighted by Crippen LogP contribution is 2.45. The first kappa shape index (κ1) is 20.7. The van der Waals surface area contributed by atoms with Gasteiger partial charge in [0.05, 0.1) is 11.2 Å². The lowest BCUT2D eigenvalue weighted by atomic mass is 9.69. The Morgan fingerprint density at radius 2 is 1.76 bits per heavy atom. The molecule has 2 atom stereocenters. The molecule has 0 aromatic rings. The van der Waals surface area contributed by atoms with Gasteiger partial charge in [0.1, 0.15) is 0 Å². The van der Waals surface area contributed by atoms with Crippen molar-refractivity contribution < 1.29 is 14.3 Å². The lowest BCUT2D eigenvalue weighted by Gasteiger charge is -2.47. The van der Waals surface area contributed by atoms with Crippen LogP contribution in [0.25, 0.3) is 0 Å². The zero-order chi connectivity index (χ0) is 18.7. The Morgan fingerprint density at radius 1 is 1.08 bits per heavy atom. The second-order valence-electron chi connectivity index (χ2n) is 9.50. The van der Waals surface area contributed by atoms with E-state index in [-0.39, 0.29) is 17.1 Å². The minimum Gasteiger partial charge on any atom is -0.376 e. The van der Waals surface area contributed by atoms with E-state index in [1.807, 2.05) is 0 Å². The Balaban J connectivity index is 2.06. The molecule has 146 valence electrons. The van der Waals surface area contributed by atoms with E-state index in [1.165, 1.54) is 12.8 Å². The van der Waals surface area contributed by atoms with Gasteiger partial charge >= 0.3 is 0 Å². The fourth-order valence-electron chi connectivity index (χ4n) is 5.09. The largest absolute Gasteiger partial charge is 0.376 e. The van der Waals surface area contributed by atoms with Gasteiger partial charge in [0.25, 0.3) is 0 Å². The Bertz CT molecular complexity index is 456. The third-order valence-electron chi connectivity index (χ3n) is 6.11. The van der Waals surface area contributed by atoms with Crippen molar-refractivity contribution in [3.05, 3.63) is 0 Å². The monoisotopic (exact) mass is 353 g/mol. The van der Waals surface area contributed by atoms with Gasteiger partial charge in [-0.15, -0.1) is 0 Å².